The maximum absolute atomic E-state index is 8.82. The number of fused-ring (bicyclic) bond motifs is 3. The number of ether oxygens (including phenoxy) is 1. The Kier molecular flexibility index (Phi) is 3.05. The molecule has 6 heteroatoms. The number of aliphatic hydroxyl groups excluding tert-OH is 1. The van der Waals surface area contributed by atoms with Crippen molar-refractivity contribution in [1.29, 1.82) is 0 Å². The fraction of sp³-hybridized carbons (Fsp3) is 0.444. The highest BCUT2D eigenvalue weighted by Crippen LogP contribution is 2.50. The number of anilines is 1. The molecular weight excluding hydrogens is 304 g/mol. The van der Waals surface area contributed by atoms with Gasteiger partial charge < -0.3 is 19.7 Å². The number of nitrogens with zero attached hydrogens (tertiary/aromatic N) is 3. The van der Waals surface area contributed by atoms with Crippen molar-refractivity contribution in [1.82, 2.24) is 15.0 Å². The molecule has 1 aliphatic heterocycles. The monoisotopic (exact) mass is 324 g/mol. The average Bonchev–Trinajstić information content (AvgIpc) is 2.89. The van der Waals surface area contributed by atoms with Crippen LogP contribution in [0.5, 0.6) is 0 Å². The van der Waals surface area contributed by atoms with Crippen LogP contribution in [0, 0.1) is 5.41 Å². The highest BCUT2D eigenvalue weighted by atomic mass is 16.5. The van der Waals surface area contributed by atoms with Crippen molar-refractivity contribution in [2.45, 2.75) is 18.9 Å². The molecule has 24 heavy (non-hydrogen) atoms. The van der Waals surface area contributed by atoms with Gasteiger partial charge in [0.25, 0.3) is 0 Å². The van der Waals surface area contributed by atoms with Gasteiger partial charge >= 0.3 is 0 Å². The molecule has 1 aliphatic carbocycles. The first-order valence-corrected chi connectivity index (χ1v) is 8.46. The molecule has 2 aliphatic rings. The summed E-state index contributed by atoms with van der Waals surface area (Å²) in [6.45, 7) is 2.66. The summed E-state index contributed by atoms with van der Waals surface area (Å²) < 4.78 is 5.60. The molecule has 0 aromatic carbocycles. The lowest BCUT2D eigenvalue weighted by Crippen LogP contribution is -2.64. The number of aliphatic hydroxyl groups is 1. The fourth-order valence-corrected chi connectivity index (χ4v) is 4.21. The molecule has 1 saturated heterocycles. The van der Waals surface area contributed by atoms with E-state index in [2.05, 4.69) is 27.0 Å². The molecule has 5 rings (SSSR count). The predicted octanol–water partition coefficient (Wildman–Crippen LogP) is 2.09. The van der Waals surface area contributed by atoms with Crippen LogP contribution in [0.3, 0.4) is 0 Å². The molecule has 2 fully saturated rings. The Hall–Kier alpha value is -2.18. The second-order valence-corrected chi connectivity index (χ2v) is 7.09. The average molecular weight is 324 g/mol. The van der Waals surface area contributed by atoms with Crippen LogP contribution in [-0.2, 0) is 4.74 Å². The van der Waals surface area contributed by atoms with Gasteiger partial charge in [0.1, 0.15) is 11.5 Å². The molecule has 0 amide bonds. The molecule has 4 heterocycles. The van der Waals surface area contributed by atoms with Gasteiger partial charge in [-0.2, -0.15) is 0 Å². The zero-order valence-corrected chi connectivity index (χ0v) is 13.4. The zero-order valence-electron chi connectivity index (χ0n) is 13.4. The van der Waals surface area contributed by atoms with Gasteiger partial charge in [0.05, 0.1) is 24.8 Å². The van der Waals surface area contributed by atoms with Gasteiger partial charge in [-0.3, -0.25) is 4.98 Å². The van der Waals surface area contributed by atoms with Crippen LogP contribution in [0.4, 0.5) is 5.82 Å². The first kappa shape index (κ1) is 14.2. The van der Waals surface area contributed by atoms with Crippen molar-refractivity contribution in [3.05, 3.63) is 30.6 Å². The molecule has 0 unspecified atom stereocenters. The van der Waals surface area contributed by atoms with Crippen molar-refractivity contribution < 1.29 is 9.84 Å². The van der Waals surface area contributed by atoms with Gasteiger partial charge in [0.15, 0.2) is 0 Å². The summed E-state index contributed by atoms with van der Waals surface area (Å²) >= 11 is 0. The van der Waals surface area contributed by atoms with E-state index < -0.39 is 0 Å². The fourth-order valence-electron chi connectivity index (χ4n) is 4.21. The molecule has 6 nitrogen and oxygen atoms in total. The maximum atomic E-state index is 8.82. The van der Waals surface area contributed by atoms with Gasteiger partial charge in [-0.05, 0) is 31.0 Å². The quantitative estimate of drug-likeness (QED) is 0.769. The van der Waals surface area contributed by atoms with Gasteiger partial charge in [0.2, 0.25) is 0 Å². The molecule has 0 radical (unpaired) electrons. The molecular formula is C18H20N4O2. The molecule has 3 aromatic heterocycles. The summed E-state index contributed by atoms with van der Waals surface area (Å²) in [6.07, 6.45) is 6.21. The number of aromatic amines is 1. The minimum atomic E-state index is 0.111. The van der Waals surface area contributed by atoms with Crippen molar-refractivity contribution in [3.63, 3.8) is 0 Å². The molecule has 2 N–H and O–H groups in total. The van der Waals surface area contributed by atoms with Crippen LogP contribution >= 0.6 is 0 Å². The van der Waals surface area contributed by atoms with Crippen LogP contribution in [-0.4, -0.2) is 52.5 Å². The van der Waals surface area contributed by atoms with Gasteiger partial charge in [-0.25, -0.2) is 4.98 Å². The van der Waals surface area contributed by atoms with E-state index in [9.17, 15) is 0 Å². The van der Waals surface area contributed by atoms with E-state index >= 15 is 0 Å². The van der Waals surface area contributed by atoms with E-state index in [0.717, 1.165) is 53.7 Å². The number of nitrogens with one attached hydrogen (secondary N) is 1. The summed E-state index contributed by atoms with van der Waals surface area (Å²) in [4.78, 5) is 14.7. The van der Waals surface area contributed by atoms with Gasteiger partial charge in [-0.15, -0.1) is 0 Å². The number of pyridine rings is 2. The zero-order chi connectivity index (χ0) is 16.1. The van der Waals surface area contributed by atoms with Crippen LogP contribution < -0.4 is 4.90 Å². The number of hydrogen-bond donors (Lipinski definition) is 2. The van der Waals surface area contributed by atoms with Crippen LogP contribution in [0.2, 0.25) is 0 Å². The summed E-state index contributed by atoms with van der Waals surface area (Å²) in [5.41, 5.74) is 2.41. The Morgan fingerprint density at radius 2 is 2.12 bits per heavy atom. The lowest BCUT2D eigenvalue weighted by molar-refractivity contribution is -0.0991. The molecule has 1 spiro atoms. The van der Waals surface area contributed by atoms with Gasteiger partial charge in [-0.1, -0.05) is 0 Å². The predicted molar refractivity (Wildman–Crippen MR) is 92.1 cm³/mol. The third kappa shape index (κ3) is 2.10. The third-order valence-corrected chi connectivity index (χ3v) is 5.39. The summed E-state index contributed by atoms with van der Waals surface area (Å²) in [5, 5.41) is 11.1. The standard InChI is InChI=1S/C18H20N4O2/c23-5-6-24-12-7-18(8-12)10-22(11-18)16-2-1-13-14-9-19-4-3-15(14)20-17(13)21-16/h1-4,9,12,23H,5-8,10-11H2,(H,20,21). The van der Waals surface area contributed by atoms with Crippen LogP contribution in [0.25, 0.3) is 21.9 Å². The summed E-state index contributed by atoms with van der Waals surface area (Å²) in [5.74, 6) is 1.03. The largest absolute Gasteiger partial charge is 0.394 e. The first-order valence-electron chi connectivity index (χ1n) is 8.46. The number of H-pyrrole nitrogens is 1. The van der Waals surface area contributed by atoms with E-state index in [0.29, 0.717) is 18.1 Å². The van der Waals surface area contributed by atoms with E-state index in [1.54, 1.807) is 6.20 Å². The van der Waals surface area contributed by atoms with Gasteiger partial charge in [0, 0.05) is 41.7 Å². The van der Waals surface area contributed by atoms with Crippen molar-refractivity contribution in [2.24, 2.45) is 5.41 Å². The number of hydrogen-bond acceptors (Lipinski definition) is 5. The lowest BCUT2D eigenvalue weighted by Gasteiger charge is -2.59. The third-order valence-electron chi connectivity index (χ3n) is 5.39. The Morgan fingerprint density at radius 3 is 2.96 bits per heavy atom. The Bertz CT molecular complexity index is 892. The van der Waals surface area contributed by atoms with Crippen LogP contribution in [0.1, 0.15) is 12.8 Å². The van der Waals surface area contributed by atoms with E-state index in [1.807, 2.05) is 12.3 Å². The second-order valence-electron chi connectivity index (χ2n) is 7.09. The molecule has 124 valence electrons. The Morgan fingerprint density at radius 1 is 1.25 bits per heavy atom. The van der Waals surface area contributed by atoms with Crippen LogP contribution in [0.15, 0.2) is 30.6 Å². The van der Waals surface area contributed by atoms with E-state index in [-0.39, 0.29) is 6.61 Å². The topological polar surface area (TPSA) is 74.3 Å². The highest BCUT2D eigenvalue weighted by Gasteiger charge is 2.53. The van der Waals surface area contributed by atoms with Crippen molar-refractivity contribution >= 4 is 27.8 Å². The minimum Gasteiger partial charge on any atom is -0.394 e. The molecule has 0 bridgehead atoms. The maximum Gasteiger partial charge on any atom is 0.140 e. The second kappa shape index (κ2) is 5.16. The highest BCUT2D eigenvalue weighted by molar-refractivity contribution is 6.05. The number of rotatable bonds is 4. The van der Waals surface area contributed by atoms with E-state index in [1.165, 1.54) is 0 Å². The summed E-state index contributed by atoms with van der Waals surface area (Å²) in [6, 6.07) is 6.22. The summed E-state index contributed by atoms with van der Waals surface area (Å²) in [7, 11) is 0. The molecule has 0 atom stereocenters. The minimum absolute atomic E-state index is 0.111. The Balaban J connectivity index is 1.31. The van der Waals surface area contributed by atoms with Crippen molar-refractivity contribution in [3.8, 4) is 0 Å². The van der Waals surface area contributed by atoms with Crippen molar-refractivity contribution in [2.75, 3.05) is 31.2 Å². The van der Waals surface area contributed by atoms with E-state index in [4.69, 9.17) is 14.8 Å². The first-order chi connectivity index (χ1) is 11.8. The SMILES string of the molecule is OCCOC1CC2(C1)CN(c1ccc3c(n1)[nH]c1ccncc13)C2. The normalized spacial score (nSPS) is 19.8. The Labute approximate surface area is 139 Å². The smallest absolute Gasteiger partial charge is 0.140 e. The molecule has 1 saturated carbocycles. The molecule has 3 aromatic rings. The lowest BCUT2D eigenvalue weighted by atomic mass is 9.62. The number of aromatic nitrogens is 3.